The zero-order chi connectivity index (χ0) is 32.9. The maximum Gasteiger partial charge on any atom is 0.403 e. The fraction of sp³-hybridized carbons (Fsp3) is 0.567. The molecule has 0 bridgehead atoms. The van der Waals surface area contributed by atoms with Gasteiger partial charge in [-0.15, -0.1) is 0 Å². The monoisotopic (exact) mass is 625 g/mol. The van der Waals surface area contributed by atoms with E-state index in [1.54, 1.807) is 38.1 Å². The van der Waals surface area contributed by atoms with Crippen molar-refractivity contribution in [3.8, 4) is 0 Å². The molecule has 0 aromatic heterocycles. The van der Waals surface area contributed by atoms with Gasteiger partial charge in [0.2, 0.25) is 5.91 Å². The predicted octanol–water partition coefficient (Wildman–Crippen LogP) is 3.17. The van der Waals surface area contributed by atoms with Crippen LogP contribution < -0.4 is 21.7 Å². The molecule has 1 aliphatic heterocycles. The molecule has 3 atom stereocenters. The molecule has 244 valence electrons. The van der Waals surface area contributed by atoms with E-state index in [0.717, 1.165) is 17.1 Å². The summed E-state index contributed by atoms with van der Waals surface area (Å²) in [6.45, 7) is 3.33. The van der Waals surface area contributed by atoms with Crippen molar-refractivity contribution in [2.24, 2.45) is 17.6 Å². The lowest BCUT2D eigenvalue weighted by Crippen LogP contribution is -2.52. The summed E-state index contributed by atoms with van der Waals surface area (Å²) in [6, 6.07) is 2.49. The molecule has 1 aromatic carbocycles. The van der Waals surface area contributed by atoms with Crippen LogP contribution in [0.25, 0.3) is 0 Å². The number of benzene rings is 1. The smallest absolute Gasteiger partial charge is 0.392 e. The molecule has 0 radical (unpaired) electrons. The van der Waals surface area contributed by atoms with Gasteiger partial charge in [0.25, 0.3) is 11.8 Å². The van der Waals surface area contributed by atoms with Gasteiger partial charge in [-0.1, -0.05) is 38.8 Å². The van der Waals surface area contributed by atoms with E-state index in [9.17, 15) is 42.3 Å². The van der Waals surface area contributed by atoms with Crippen LogP contribution >= 0.6 is 0 Å². The van der Waals surface area contributed by atoms with Gasteiger partial charge in [-0.2, -0.15) is 13.2 Å². The van der Waals surface area contributed by atoms with Gasteiger partial charge >= 0.3 is 12.2 Å². The third kappa shape index (κ3) is 12.1. The summed E-state index contributed by atoms with van der Waals surface area (Å²) < 4.78 is 42.1. The molecule has 1 unspecified atom stereocenters. The molecule has 2 rings (SSSR count). The highest BCUT2D eigenvalue weighted by Gasteiger charge is 2.42. The maximum atomic E-state index is 14.0. The number of Topliss-reactive ketones (excluding diaryl/α,β-unsaturated/α-hetero) is 1. The van der Waals surface area contributed by atoms with Gasteiger partial charge in [0.15, 0.2) is 5.78 Å². The highest BCUT2D eigenvalue weighted by Crippen LogP contribution is 2.27. The van der Waals surface area contributed by atoms with Gasteiger partial charge < -0.3 is 21.5 Å². The van der Waals surface area contributed by atoms with Crippen LogP contribution in [0.15, 0.2) is 36.4 Å². The lowest BCUT2D eigenvalue weighted by molar-refractivity contribution is -0.161. The Hall–Kier alpha value is -3.78. The minimum absolute atomic E-state index is 0.117. The number of unbranched alkanes of at least 4 members (excludes halogenated alkanes) is 2. The van der Waals surface area contributed by atoms with Gasteiger partial charge in [-0.05, 0) is 49.3 Å². The molecule has 0 fully saturated rings. The van der Waals surface area contributed by atoms with Crippen molar-refractivity contribution in [2.45, 2.75) is 83.7 Å². The zero-order valence-corrected chi connectivity index (χ0v) is 25.0. The first-order chi connectivity index (χ1) is 20.7. The molecular weight excluding hydrogens is 583 g/mol. The summed E-state index contributed by atoms with van der Waals surface area (Å²) in [5.41, 5.74) is 6.14. The molecule has 14 heteroatoms. The lowest BCUT2D eigenvalue weighted by atomic mass is 9.88. The highest BCUT2D eigenvalue weighted by atomic mass is 19.4. The molecule has 6 N–H and O–H groups in total. The van der Waals surface area contributed by atoms with Crippen LogP contribution in [-0.2, 0) is 25.8 Å². The van der Waals surface area contributed by atoms with Crippen LogP contribution in [0.5, 0.6) is 0 Å². The van der Waals surface area contributed by atoms with Crippen LogP contribution in [0.1, 0.15) is 64.4 Å². The lowest BCUT2D eigenvalue weighted by Gasteiger charge is -2.30. The number of anilines is 1. The van der Waals surface area contributed by atoms with Crippen molar-refractivity contribution < 1.29 is 42.3 Å². The van der Waals surface area contributed by atoms with Gasteiger partial charge in [-0.3, -0.25) is 29.4 Å². The minimum Gasteiger partial charge on any atom is -0.392 e. The Balaban J connectivity index is 2.05. The number of nitrogens with zero attached hydrogens (tertiary/aromatic N) is 1. The number of primary amides is 1. The van der Waals surface area contributed by atoms with E-state index < -0.39 is 59.6 Å². The van der Waals surface area contributed by atoms with E-state index in [0.29, 0.717) is 30.5 Å². The molecule has 1 heterocycles. The number of hydrogen-bond acceptors (Lipinski definition) is 7. The van der Waals surface area contributed by atoms with Gasteiger partial charge in [0.05, 0.1) is 12.6 Å². The first-order valence-corrected chi connectivity index (χ1v) is 14.7. The van der Waals surface area contributed by atoms with Crippen LogP contribution in [0.3, 0.4) is 0 Å². The number of hydrogen-bond donors (Lipinski definition) is 5. The molecule has 0 saturated carbocycles. The van der Waals surface area contributed by atoms with E-state index in [4.69, 9.17) is 5.73 Å². The summed E-state index contributed by atoms with van der Waals surface area (Å²) in [4.78, 5) is 61.9. The van der Waals surface area contributed by atoms with E-state index in [-0.39, 0.29) is 45.4 Å². The fourth-order valence-electron chi connectivity index (χ4n) is 4.86. The van der Waals surface area contributed by atoms with Crippen LogP contribution in [0.4, 0.5) is 23.7 Å². The first-order valence-electron chi connectivity index (χ1n) is 14.7. The van der Waals surface area contributed by atoms with E-state index >= 15 is 0 Å². The number of nitrogens with two attached hydrogens (primary N) is 1. The number of ketones is 1. The van der Waals surface area contributed by atoms with E-state index in [1.807, 2.05) is 0 Å². The average Bonchev–Trinajstić information content (AvgIpc) is 3.27. The quantitative estimate of drug-likeness (QED) is 0.116. The normalized spacial score (nSPS) is 15.4. The second-order valence-electron chi connectivity index (χ2n) is 11.1. The van der Waals surface area contributed by atoms with Crippen molar-refractivity contribution in [3.63, 3.8) is 0 Å². The number of alkyl halides is 3. The molecule has 11 nitrogen and oxygen atoms in total. The van der Waals surface area contributed by atoms with Crippen LogP contribution in [0, 0.1) is 11.8 Å². The molecule has 44 heavy (non-hydrogen) atoms. The Bertz CT molecular complexity index is 1150. The Morgan fingerprint density at radius 3 is 2.14 bits per heavy atom. The molecule has 0 spiro atoms. The van der Waals surface area contributed by atoms with Crippen molar-refractivity contribution in [1.82, 2.24) is 15.5 Å². The Morgan fingerprint density at radius 2 is 1.59 bits per heavy atom. The molecule has 0 aliphatic carbocycles. The number of amides is 5. The van der Waals surface area contributed by atoms with Crippen molar-refractivity contribution in [1.29, 1.82) is 0 Å². The van der Waals surface area contributed by atoms with Crippen LogP contribution in [-0.4, -0.2) is 70.9 Å². The summed E-state index contributed by atoms with van der Waals surface area (Å²) in [5, 5.41) is 16.8. The Morgan fingerprint density at radius 1 is 0.955 bits per heavy atom. The average molecular weight is 626 g/mol. The molecule has 1 aliphatic rings. The third-order valence-electron chi connectivity index (χ3n) is 7.32. The first kappa shape index (κ1) is 36.4. The summed E-state index contributed by atoms with van der Waals surface area (Å²) in [5.74, 6) is -3.36. The van der Waals surface area contributed by atoms with Crippen molar-refractivity contribution in [2.75, 3.05) is 18.4 Å². The number of aliphatic hydroxyl groups excluding tert-OH is 1. The van der Waals surface area contributed by atoms with Gasteiger partial charge in [-0.25, -0.2) is 4.79 Å². The number of imide groups is 1. The van der Waals surface area contributed by atoms with E-state index in [2.05, 4.69) is 16.0 Å². The summed E-state index contributed by atoms with van der Waals surface area (Å²) in [7, 11) is 0. The third-order valence-corrected chi connectivity index (χ3v) is 7.32. The Labute approximate surface area is 254 Å². The predicted molar refractivity (Wildman–Crippen MR) is 157 cm³/mol. The Kier molecular flexibility index (Phi) is 14.5. The van der Waals surface area contributed by atoms with Gasteiger partial charge in [0, 0.05) is 43.3 Å². The van der Waals surface area contributed by atoms with E-state index in [1.165, 1.54) is 0 Å². The molecule has 0 saturated heterocycles. The molecule has 5 amide bonds. The van der Waals surface area contributed by atoms with Crippen molar-refractivity contribution >= 4 is 35.2 Å². The highest BCUT2D eigenvalue weighted by molar-refractivity contribution is 6.12. The van der Waals surface area contributed by atoms with Crippen molar-refractivity contribution in [3.05, 3.63) is 42.0 Å². The zero-order valence-electron chi connectivity index (χ0n) is 25.0. The standard InChI is InChI=1S/C30H42F3N5O6/c1-19(2)27(37-24(30(31,32)33)8-4-3-5-16-38-25(41)13-14-26(38)42)23(40)17-21(7-6-15-35-29(34)44)28(43)36-22-11-9-20(18-39)10-12-22/h9-14,19,21,24,27,37,39H,3-8,15-18H2,1-2H3,(H,36,43)(H3,34,35,44)/t21-,24?,27+/m1/s1. The molecular formula is C30H42F3N5O6. The number of aliphatic hydroxyl groups is 1. The summed E-state index contributed by atoms with van der Waals surface area (Å²) in [6.07, 6.45) is -1.69. The SMILES string of the molecule is CC(C)[C@H](NC(CCCCCN1C(=O)C=CC1=O)C(F)(F)F)C(=O)C[C@@H](CCCNC(N)=O)C(=O)Nc1ccc(CO)cc1. The number of urea groups is 1. The minimum atomic E-state index is -4.64. The largest absolute Gasteiger partial charge is 0.403 e. The summed E-state index contributed by atoms with van der Waals surface area (Å²) >= 11 is 0. The molecule has 1 aromatic rings. The van der Waals surface area contributed by atoms with Gasteiger partial charge in [0.1, 0.15) is 6.04 Å². The second-order valence-corrected chi connectivity index (χ2v) is 11.1. The maximum absolute atomic E-state index is 14.0. The second kappa shape index (κ2) is 17.5. The number of carbonyl (C=O) groups is 5. The number of halogens is 3. The van der Waals surface area contributed by atoms with Crippen LogP contribution in [0.2, 0.25) is 0 Å². The number of rotatable bonds is 19. The fourth-order valence-corrected chi connectivity index (χ4v) is 4.86. The number of nitrogens with one attached hydrogen (secondary N) is 3. The topological polar surface area (TPSA) is 171 Å². The number of carbonyl (C=O) groups excluding carboxylic acids is 5.